The van der Waals surface area contributed by atoms with Crippen molar-refractivity contribution in [3.8, 4) is 0 Å². The van der Waals surface area contributed by atoms with Crippen LogP contribution in [0.2, 0.25) is 0 Å². The molecular weight excluding hydrogens is 404 g/mol. The number of likely N-dealkylation sites (tertiary alicyclic amines) is 2. The van der Waals surface area contributed by atoms with E-state index in [9.17, 15) is 14.7 Å². The predicted molar refractivity (Wildman–Crippen MR) is 121 cm³/mol. The average Bonchev–Trinajstić information content (AvgIpc) is 3.34. The molecule has 3 heterocycles. The molecule has 0 radical (unpaired) electrons. The second kappa shape index (κ2) is 8.31. The number of piperidine rings is 2. The Morgan fingerprint density at radius 1 is 1.03 bits per heavy atom. The van der Waals surface area contributed by atoms with Gasteiger partial charge in [0.1, 0.15) is 6.61 Å². The van der Waals surface area contributed by atoms with Crippen LogP contribution in [-0.2, 0) is 16.1 Å². The van der Waals surface area contributed by atoms with Crippen LogP contribution in [0.5, 0.6) is 0 Å². The molecule has 0 aromatic heterocycles. The van der Waals surface area contributed by atoms with Crippen molar-refractivity contribution in [3.63, 3.8) is 0 Å². The van der Waals surface area contributed by atoms with Gasteiger partial charge >= 0.3 is 5.97 Å². The summed E-state index contributed by atoms with van der Waals surface area (Å²) in [6, 6.07) is 3.68. The minimum Gasteiger partial charge on any atom is -0.457 e. The van der Waals surface area contributed by atoms with E-state index in [2.05, 4.69) is 9.80 Å². The maximum atomic E-state index is 11.9. The molecule has 172 valence electrons. The van der Waals surface area contributed by atoms with Gasteiger partial charge in [-0.1, -0.05) is 6.07 Å². The molecule has 1 spiro atoms. The molecule has 6 heteroatoms. The molecule has 1 aliphatic carbocycles. The topological polar surface area (TPSA) is 70.1 Å². The Kier molecular flexibility index (Phi) is 5.62. The number of aliphatic hydroxyl groups excluding tert-OH is 1. The number of hydrogen-bond donors (Lipinski definition) is 1. The van der Waals surface area contributed by atoms with E-state index in [0.29, 0.717) is 36.3 Å². The number of carbonyl (C=O) groups excluding carboxylic acids is 2. The van der Waals surface area contributed by atoms with Gasteiger partial charge in [0.05, 0.1) is 11.7 Å². The van der Waals surface area contributed by atoms with Crippen molar-refractivity contribution < 1.29 is 19.4 Å². The highest BCUT2D eigenvalue weighted by Crippen LogP contribution is 2.43. The van der Waals surface area contributed by atoms with Gasteiger partial charge in [0.25, 0.3) is 0 Å². The lowest BCUT2D eigenvalue weighted by Gasteiger charge is -2.48. The average molecular weight is 439 g/mol. The lowest BCUT2D eigenvalue weighted by atomic mass is 9.71. The first kappa shape index (κ1) is 21.7. The van der Waals surface area contributed by atoms with Crippen LogP contribution >= 0.6 is 0 Å². The van der Waals surface area contributed by atoms with Crippen LogP contribution in [-0.4, -0.2) is 59.4 Å². The third-order valence-corrected chi connectivity index (χ3v) is 8.56. The molecule has 0 saturated carbocycles. The third-order valence-electron chi connectivity index (χ3n) is 8.56. The molecule has 4 aliphatic rings. The molecule has 1 aromatic carbocycles. The maximum Gasteiger partial charge on any atom is 0.338 e. The van der Waals surface area contributed by atoms with Crippen molar-refractivity contribution in [2.24, 2.45) is 5.41 Å². The fraction of sp³-hybridized carbons (Fsp3) is 0.615. The highest BCUT2D eigenvalue weighted by atomic mass is 16.5. The number of esters is 1. The van der Waals surface area contributed by atoms with Crippen LogP contribution in [0.1, 0.15) is 78.6 Å². The van der Waals surface area contributed by atoms with Crippen molar-refractivity contribution in [3.05, 3.63) is 45.7 Å². The zero-order valence-corrected chi connectivity index (χ0v) is 19.3. The largest absolute Gasteiger partial charge is 0.457 e. The van der Waals surface area contributed by atoms with Crippen molar-refractivity contribution in [2.75, 3.05) is 32.7 Å². The Bertz CT molecular complexity index is 964. The first-order valence-corrected chi connectivity index (χ1v) is 12.0. The van der Waals surface area contributed by atoms with Crippen LogP contribution in [0.4, 0.5) is 0 Å². The number of benzene rings is 1. The van der Waals surface area contributed by atoms with Crippen LogP contribution in [0.3, 0.4) is 0 Å². The minimum atomic E-state index is -0.554. The van der Waals surface area contributed by atoms with Gasteiger partial charge in [-0.2, -0.15) is 0 Å². The van der Waals surface area contributed by atoms with Crippen molar-refractivity contribution in [2.45, 2.75) is 65.1 Å². The van der Waals surface area contributed by atoms with E-state index in [1.54, 1.807) is 6.07 Å². The maximum absolute atomic E-state index is 11.9. The van der Waals surface area contributed by atoms with Crippen LogP contribution in [0, 0.1) is 12.3 Å². The predicted octanol–water partition coefficient (Wildman–Crippen LogP) is 3.51. The monoisotopic (exact) mass is 438 g/mol. The van der Waals surface area contributed by atoms with E-state index in [1.807, 2.05) is 19.9 Å². The number of cyclic esters (lactones) is 1. The van der Waals surface area contributed by atoms with Gasteiger partial charge < -0.3 is 19.6 Å². The smallest absolute Gasteiger partial charge is 0.338 e. The van der Waals surface area contributed by atoms with Crippen molar-refractivity contribution >= 4 is 11.8 Å². The molecule has 3 aliphatic heterocycles. The highest BCUT2D eigenvalue weighted by Gasteiger charge is 2.39. The second-order valence-electron chi connectivity index (χ2n) is 10.2. The second-order valence-corrected chi connectivity index (χ2v) is 10.2. The lowest BCUT2D eigenvalue weighted by Crippen LogP contribution is -2.47. The highest BCUT2D eigenvalue weighted by molar-refractivity contribution is 5.98. The summed E-state index contributed by atoms with van der Waals surface area (Å²) in [6.07, 6.45) is 5.81. The molecule has 1 aromatic rings. The Hall–Kier alpha value is -2.18. The molecule has 0 bridgehead atoms. The first-order valence-electron chi connectivity index (χ1n) is 12.0. The van der Waals surface area contributed by atoms with Crippen molar-refractivity contribution in [1.82, 2.24) is 9.80 Å². The van der Waals surface area contributed by atoms with Crippen molar-refractivity contribution in [1.29, 1.82) is 0 Å². The molecule has 2 saturated heterocycles. The number of Topliss-reactive ketones (excluding diaryl/α,β-unsaturated/α-hetero) is 1. The Morgan fingerprint density at radius 2 is 1.72 bits per heavy atom. The van der Waals surface area contributed by atoms with Gasteiger partial charge in [-0.05, 0) is 81.6 Å². The van der Waals surface area contributed by atoms with E-state index in [-0.39, 0.29) is 5.97 Å². The molecule has 6 nitrogen and oxygen atoms in total. The van der Waals surface area contributed by atoms with Gasteiger partial charge in [-0.25, -0.2) is 4.79 Å². The minimum absolute atomic E-state index is 0.262. The van der Waals surface area contributed by atoms with Crippen LogP contribution < -0.4 is 0 Å². The van der Waals surface area contributed by atoms with Gasteiger partial charge in [0.15, 0.2) is 5.78 Å². The molecule has 1 N–H and O–H groups in total. The summed E-state index contributed by atoms with van der Waals surface area (Å²) in [7, 11) is 0. The van der Waals surface area contributed by atoms with Gasteiger partial charge in [-0.15, -0.1) is 0 Å². The van der Waals surface area contributed by atoms with E-state index >= 15 is 0 Å². The van der Waals surface area contributed by atoms with Gasteiger partial charge in [0.2, 0.25) is 0 Å². The number of carbonyl (C=O) groups is 2. The summed E-state index contributed by atoms with van der Waals surface area (Å²) in [4.78, 5) is 28.5. The number of fused-ring (bicyclic) bond motifs is 1. The zero-order chi connectivity index (χ0) is 22.5. The third kappa shape index (κ3) is 3.77. The normalized spacial score (nSPS) is 24.3. The van der Waals surface area contributed by atoms with Crippen LogP contribution in [0.15, 0.2) is 23.4 Å². The van der Waals surface area contributed by atoms with E-state index < -0.39 is 6.10 Å². The number of β-amino-alcohol motifs (C(OH)–C–C–N with tert-alkyl or cyclic N) is 1. The molecule has 32 heavy (non-hydrogen) atoms. The molecule has 1 atom stereocenters. The lowest BCUT2D eigenvalue weighted by molar-refractivity contribution is -0.114. The number of hydrogen-bond acceptors (Lipinski definition) is 6. The first-order chi connectivity index (χ1) is 15.4. The Labute approximate surface area is 190 Å². The Balaban J connectivity index is 1.16. The summed E-state index contributed by atoms with van der Waals surface area (Å²) in [5, 5.41) is 10.9. The number of rotatable bonds is 4. The SMILES string of the molecule is CC1=C(N2CCC3(CCN(CC(O)c4ccc5c(c4C)COC5=O)CC3)CC2)CCC1=O. The molecule has 1 unspecified atom stereocenters. The summed E-state index contributed by atoms with van der Waals surface area (Å²) in [6.45, 7) is 9.08. The summed E-state index contributed by atoms with van der Waals surface area (Å²) in [5.41, 5.74) is 6.14. The molecular formula is C26H34N2O4. The Morgan fingerprint density at radius 3 is 2.38 bits per heavy atom. The molecule has 5 rings (SSSR count). The number of ketones is 1. The van der Waals surface area contributed by atoms with E-state index in [0.717, 1.165) is 54.9 Å². The van der Waals surface area contributed by atoms with E-state index in [1.165, 1.54) is 31.4 Å². The fourth-order valence-corrected chi connectivity index (χ4v) is 6.20. The molecule has 0 amide bonds. The standard InChI is InChI=1S/C26H34N2O4/c1-17-19(3-4-20-21(17)16-32-25(20)31)24(30)15-27-11-7-26(8-12-27)9-13-28(14-10-26)22-5-6-23(29)18(22)2/h3-4,24,30H,5-16H2,1-2H3. The van der Waals surface area contributed by atoms with Gasteiger partial charge in [0, 0.05) is 42.9 Å². The summed E-state index contributed by atoms with van der Waals surface area (Å²) < 4.78 is 5.15. The van der Waals surface area contributed by atoms with Gasteiger partial charge in [-0.3, -0.25) is 4.79 Å². The summed E-state index contributed by atoms with van der Waals surface area (Å²) in [5.74, 6) is 0.0624. The number of aliphatic hydroxyl groups is 1. The number of nitrogens with zero attached hydrogens (tertiary/aromatic N) is 2. The fourth-order valence-electron chi connectivity index (χ4n) is 6.20. The molecule has 2 fully saturated rings. The quantitative estimate of drug-likeness (QED) is 0.726. The number of allylic oxidation sites excluding steroid dienone is 2. The van der Waals surface area contributed by atoms with E-state index in [4.69, 9.17) is 4.74 Å². The van der Waals surface area contributed by atoms with Crippen LogP contribution in [0.25, 0.3) is 0 Å². The number of ether oxygens (including phenoxy) is 1. The zero-order valence-electron chi connectivity index (χ0n) is 19.3. The summed E-state index contributed by atoms with van der Waals surface area (Å²) >= 11 is 0.